The smallest absolute Gasteiger partial charge is 0.227 e. The summed E-state index contributed by atoms with van der Waals surface area (Å²) in [5, 5.41) is 14.9. The molecule has 0 aliphatic carbocycles. The second-order valence-corrected chi connectivity index (χ2v) is 8.02. The molecule has 26 heavy (non-hydrogen) atoms. The number of aromatic nitrogens is 4. The van der Waals surface area contributed by atoms with E-state index in [0.717, 1.165) is 56.3 Å². The molecule has 2 aliphatic rings. The van der Waals surface area contributed by atoms with Crippen LogP contribution in [0.3, 0.4) is 0 Å². The molecular weight excluding hydrogens is 348 g/mol. The van der Waals surface area contributed by atoms with E-state index in [4.69, 9.17) is 0 Å². The predicted molar refractivity (Wildman–Crippen MR) is 99.3 cm³/mol. The van der Waals surface area contributed by atoms with E-state index < -0.39 is 0 Å². The molecule has 0 aromatic carbocycles. The zero-order valence-corrected chi connectivity index (χ0v) is 15.4. The Labute approximate surface area is 155 Å². The highest BCUT2D eigenvalue weighted by atomic mass is 32.1. The lowest BCUT2D eigenvalue weighted by Crippen LogP contribution is -2.40. The summed E-state index contributed by atoms with van der Waals surface area (Å²) < 4.78 is 1.76. The van der Waals surface area contributed by atoms with Gasteiger partial charge in [-0.2, -0.15) is 4.52 Å². The van der Waals surface area contributed by atoms with E-state index >= 15 is 0 Å². The summed E-state index contributed by atoms with van der Waals surface area (Å²) in [6.45, 7) is 5.08. The average molecular weight is 368 g/mol. The zero-order chi connectivity index (χ0) is 17.7. The van der Waals surface area contributed by atoms with E-state index in [1.165, 1.54) is 10.4 Å². The number of amides is 1. The van der Waals surface area contributed by atoms with Gasteiger partial charge in [0.1, 0.15) is 5.82 Å². The van der Waals surface area contributed by atoms with Crippen LogP contribution < -0.4 is 4.90 Å². The Kier molecular flexibility index (Phi) is 3.66. The van der Waals surface area contributed by atoms with E-state index in [9.17, 15) is 4.79 Å². The van der Waals surface area contributed by atoms with E-state index in [1.807, 2.05) is 24.0 Å². The molecule has 8 heteroatoms. The Bertz CT molecular complexity index is 979. The summed E-state index contributed by atoms with van der Waals surface area (Å²) in [5.41, 5.74) is 2.07. The lowest BCUT2D eigenvalue weighted by molar-refractivity contribution is -0.135. The van der Waals surface area contributed by atoms with Crippen molar-refractivity contribution < 1.29 is 4.79 Å². The molecular formula is C18H20N6OS. The van der Waals surface area contributed by atoms with Crippen molar-refractivity contribution in [3.63, 3.8) is 0 Å². The molecule has 1 saturated heterocycles. The Hall–Kier alpha value is -2.48. The van der Waals surface area contributed by atoms with Crippen LogP contribution in [-0.2, 0) is 17.8 Å². The average Bonchev–Trinajstić information content (AvgIpc) is 3.40. The van der Waals surface area contributed by atoms with Gasteiger partial charge in [-0.3, -0.25) is 4.79 Å². The molecule has 134 valence electrons. The highest BCUT2D eigenvalue weighted by Crippen LogP contribution is 2.28. The molecule has 1 unspecified atom stereocenters. The van der Waals surface area contributed by atoms with Gasteiger partial charge in [0.05, 0.1) is 5.92 Å². The predicted octanol–water partition coefficient (Wildman–Crippen LogP) is 1.91. The third kappa shape index (κ3) is 2.56. The largest absolute Gasteiger partial charge is 0.354 e. The molecule has 3 aromatic heterocycles. The lowest BCUT2D eigenvalue weighted by Gasteiger charge is -2.29. The van der Waals surface area contributed by atoms with E-state index in [2.05, 4.69) is 31.6 Å². The normalized spacial score (nSPS) is 20.0. The van der Waals surface area contributed by atoms with Gasteiger partial charge in [-0.1, -0.05) is 0 Å². The first kappa shape index (κ1) is 15.7. The maximum absolute atomic E-state index is 13.0. The maximum Gasteiger partial charge on any atom is 0.227 e. The molecule has 0 spiro atoms. The van der Waals surface area contributed by atoms with Gasteiger partial charge < -0.3 is 9.80 Å². The summed E-state index contributed by atoms with van der Waals surface area (Å²) in [4.78, 5) is 18.7. The van der Waals surface area contributed by atoms with Gasteiger partial charge in [0.2, 0.25) is 5.91 Å². The molecule has 2 aliphatic heterocycles. The number of fused-ring (bicyclic) bond motifs is 2. The van der Waals surface area contributed by atoms with E-state index in [1.54, 1.807) is 15.9 Å². The maximum atomic E-state index is 13.0. The van der Waals surface area contributed by atoms with Crippen LogP contribution in [0.1, 0.15) is 22.7 Å². The number of rotatable bonds is 2. The van der Waals surface area contributed by atoms with Crippen molar-refractivity contribution in [2.45, 2.75) is 26.3 Å². The molecule has 1 fully saturated rings. The van der Waals surface area contributed by atoms with Gasteiger partial charge in [-0.15, -0.1) is 26.6 Å². The summed E-state index contributed by atoms with van der Waals surface area (Å²) in [6, 6.07) is 6.05. The zero-order valence-electron chi connectivity index (χ0n) is 14.6. The first-order valence-electron chi connectivity index (χ1n) is 8.97. The molecule has 3 aromatic rings. The van der Waals surface area contributed by atoms with Crippen LogP contribution in [0, 0.1) is 12.8 Å². The number of thiophene rings is 1. The fraction of sp³-hybridized carbons (Fsp3) is 0.444. The van der Waals surface area contributed by atoms with Crippen molar-refractivity contribution in [1.82, 2.24) is 24.7 Å². The van der Waals surface area contributed by atoms with Crippen molar-refractivity contribution >= 4 is 28.7 Å². The first-order valence-corrected chi connectivity index (χ1v) is 9.85. The summed E-state index contributed by atoms with van der Waals surface area (Å²) >= 11 is 1.80. The fourth-order valence-corrected chi connectivity index (χ4v) is 4.81. The van der Waals surface area contributed by atoms with Crippen LogP contribution in [0.15, 0.2) is 23.6 Å². The Morgan fingerprint density at radius 1 is 1.23 bits per heavy atom. The molecule has 7 nitrogen and oxygen atoms in total. The van der Waals surface area contributed by atoms with Crippen molar-refractivity contribution in [2.24, 2.45) is 5.92 Å². The Balaban J connectivity index is 1.30. The number of carbonyl (C=O) groups is 1. The number of carbonyl (C=O) groups excluding carboxylic acids is 1. The molecule has 0 N–H and O–H groups in total. The van der Waals surface area contributed by atoms with Crippen molar-refractivity contribution in [3.05, 3.63) is 39.8 Å². The minimum atomic E-state index is 0.0506. The second-order valence-electron chi connectivity index (χ2n) is 7.02. The van der Waals surface area contributed by atoms with Gasteiger partial charge >= 0.3 is 0 Å². The van der Waals surface area contributed by atoms with Crippen molar-refractivity contribution in [2.75, 3.05) is 24.5 Å². The minimum absolute atomic E-state index is 0.0506. The second kappa shape index (κ2) is 6.05. The molecule has 0 bridgehead atoms. The molecule has 5 heterocycles. The van der Waals surface area contributed by atoms with Gasteiger partial charge in [0, 0.05) is 31.1 Å². The Morgan fingerprint density at radius 3 is 3.08 bits per heavy atom. The molecule has 0 saturated carbocycles. The topological polar surface area (TPSA) is 66.6 Å². The number of anilines is 1. The highest BCUT2D eigenvalue weighted by molar-refractivity contribution is 7.10. The van der Waals surface area contributed by atoms with Crippen LogP contribution in [0.2, 0.25) is 0 Å². The Morgan fingerprint density at radius 2 is 2.15 bits per heavy atom. The van der Waals surface area contributed by atoms with Crippen molar-refractivity contribution in [1.29, 1.82) is 0 Å². The van der Waals surface area contributed by atoms with Gasteiger partial charge in [0.15, 0.2) is 11.5 Å². The van der Waals surface area contributed by atoms with Crippen LogP contribution in [0.25, 0.3) is 5.65 Å². The minimum Gasteiger partial charge on any atom is -0.354 e. The van der Waals surface area contributed by atoms with Crippen LogP contribution >= 0.6 is 11.3 Å². The monoisotopic (exact) mass is 368 g/mol. The summed E-state index contributed by atoms with van der Waals surface area (Å²) in [5.74, 6) is 1.99. The van der Waals surface area contributed by atoms with Gasteiger partial charge in [-0.05, 0) is 48.9 Å². The SMILES string of the molecule is Cc1nnc2ccc(N3CCC(C(=O)N4CCc5sccc5C4)C3)nn12. The van der Waals surface area contributed by atoms with Crippen LogP contribution in [-0.4, -0.2) is 50.3 Å². The lowest BCUT2D eigenvalue weighted by atomic mass is 10.0. The fourth-order valence-electron chi connectivity index (χ4n) is 3.92. The number of nitrogens with zero attached hydrogens (tertiary/aromatic N) is 6. The molecule has 1 amide bonds. The third-order valence-corrected chi connectivity index (χ3v) is 6.41. The number of hydrogen-bond donors (Lipinski definition) is 0. The highest BCUT2D eigenvalue weighted by Gasteiger charge is 2.33. The molecule has 0 radical (unpaired) electrons. The number of aryl methyl sites for hydroxylation is 1. The van der Waals surface area contributed by atoms with Crippen molar-refractivity contribution in [3.8, 4) is 0 Å². The number of hydrogen-bond acceptors (Lipinski definition) is 6. The van der Waals surface area contributed by atoms with Crippen LogP contribution in [0.4, 0.5) is 5.82 Å². The van der Waals surface area contributed by atoms with E-state index in [0.29, 0.717) is 0 Å². The van der Waals surface area contributed by atoms with E-state index in [-0.39, 0.29) is 11.8 Å². The van der Waals surface area contributed by atoms with Gasteiger partial charge in [0.25, 0.3) is 0 Å². The van der Waals surface area contributed by atoms with Crippen LogP contribution in [0.5, 0.6) is 0 Å². The third-order valence-electron chi connectivity index (χ3n) is 5.39. The molecule has 5 rings (SSSR count). The quantitative estimate of drug-likeness (QED) is 0.691. The van der Waals surface area contributed by atoms with Gasteiger partial charge in [-0.25, -0.2) is 0 Å². The first-order chi connectivity index (χ1) is 12.7. The molecule has 1 atom stereocenters. The summed E-state index contributed by atoms with van der Waals surface area (Å²) in [6.07, 6.45) is 1.87. The standard InChI is InChI=1S/C18H20N6OS/c1-12-19-20-16-2-3-17(21-24(12)16)22-7-4-14(11-22)18(25)23-8-5-15-13(10-23)6-9-26-15/h2-3,6,9,14H,4-5,7-8,10-11H2,1H3. The summed E-state index contributed by atoms with van der Waals surface area (Å²) in [7, 11) is 0.